The van der Waals surface area contributed by atoms with Crippen LogP contribution in [0.4, 0.5) is 0 Å². The summed E-state index contributed by atoms with van der Waals surface area (Å²) in [5, 5.41) is 1.53. The standard InChI is InChI=1S/C16H11ClN2O/c17-12-5-1-4-11(9-12)14-8-7-10-3-2-6-13(16(18)20)15(10)19-14/h1-9H,(H2,18,20). The van der Waals surface area contributed by atoms with E-state index in [-0.39, 0.29) is 0 Å². The zero-order chi connectivity index (χ0) is 14.1. The Hall–Kier alpha value is -2.39. The van der Waals surface area contributed by atoms with Crippen molar-refractivity contribution >= 4 is 28.4 Å². The fourth-order valence-corrected chi connectivity index (χ4v) is 2.34. The highest BCUT2D eigenvalue weighted by Crippen LogP contribution is 2.24. The summed E-state index contributed by atoms with van der Waals surface area (Å²) in [6.07, 6.45) is 0. The summed E-state index contributed by atoms with van der Waals surface area (Å²) in [6.45, 7) is 0. The van der Waals surface area contributed by atoms with Gasteiger partial charge in [0, 0.05) is 16.0 Å². The van der Waals surface area contributed by atoms with Crippen LogP contribution in [0.3, 0.4) is 0 Å². The summed E-state index contributed by atoms with van der Waals surface area (Å²) in [5.41, 5.74) is 8.08. The van der Waals surface area contributed by atoms with Gasteiger partial charge in [-0.05, 0) is 24.3 Å². The van der Waals surface area contributed by atoms with Crippen LogP contribution in [0.2, 0.25) is 5.02 Å². The minimum atomic E-state index is -0.480. The zero-order valence-electron chi connectivity index (χ0n) is 10.5. The van der Waals surface area contributed by atoms with Crippen LogP contribution >= 0.6 is 11.6 Å². The number of primary amides is 1. The van der Waals surface area contributed by atoms with Crippen LogP contribution in [0.25, 0.3) is 22.2 Å². The van der Waals surface area contributed by atoms with Gasteiger partial charge in [0.2, 0.25) is 0 Å². The number of hydrogen-bond acceptors (Lipinski definition) is 2. The van der Waals surface area contributed by atoms with Crippen LogP contribution in [0.5, 0.6) is 0 Å². The molecule has 0 fully saturated rings. The first-order chi connectivity index (χ1) is 9.65. The first-order valence-corrected chi connectivity index (χ1v) is 6.48. The van der Waals surface area contributed by atoms with Crippen LogP contribution in [-0.4, -0.2) is 10.9 Å². The van der Waals surface area contributed by atoms with E-state index in [4.69, 9.17) is 17.3 Å². The lowest BCUT2D eigenvalue weighted by Crippen LogP contribution is -2.11. The molecule has 2 N–H and O–H groups in total. The van der Waals surface area contributed by atoms with Gasteiger partial charge in [-0.25, -0.2) is 4.98 Å². The molecule has 4 heteroatoms. The minimum Gasteiger partial charge on any atom is -0.366 e. The number of carbonyl (C=O) groups excluding carboxylic acids is 1. The molecule has 0 spiro atoms. The minimum absolute atomic E-state index is 0.423. The SMILES string of the molecule is NC(=O)c1cccc2ccc(-c3cccc(Cl)c3)nc12. The van der Waals surface area contributed by atoms with E-state index in [1.165, 1.54) is 0 Å². The van der Waals surface area contributed by atoms with Crippen LogP contribution in [0, 0.1) is 0 Å². The number of carbonyl (C=O) groups is 1. The van der Waals surface area contributed by atoms with Gasteiger partial charge in [0.1, 0.15) is 0 Å². The lowest BCUT2D eigenvalue weighted by atomic mass is 10.1. The molecule has 1 aromatic heterocycles. The average molecular weight is 283 g/mol. The van der Waals surface area contributed by atoms with Gasteiger partial charge in [0.05, 0.1) is 16.8 Å². The molecule has 3 rings (SSSR count). The number of para-hydroxylation sites is 1. The fraction of sp³-hybridized carbons (Fsp3) is 0. The maximum atomic E-state index is 11.5. The summed E-state index contributed by atoms with van der Waals surface area (Å²) in [7, 11) is 0. The van der Waals surface area contributed by atoms with E-state index in [0.717, 1.165) is 16.6 Å². The molecule has 0 saturated carbocycles. The Morgan fingerprint density at radius 1 is 1.05 bits per heavy atom. The van der Waals surface area contributed by atoms with E-state index in [0.29, 0.717) is 16.1 Å². The third kappa shape index (κ3) is 2.24. The predicted octanol–water partition coefficient (Wildman–Crippen LogP) is 3.65. The van der Waals surface area contributed by atoms with Crippen molar-refractivity contribution in [1.29, 1.82) is 0 Å². The Labute approximate surface area is 121 Å². The Morgan fingerprint density at radius 3 is 2.60 bits per heavy atom. The van der Waals surface area contributed by atoms with E-state index >= 15 is 0 Å². The summed E-state index contributed by atoms with van der Waals surface area (Å²) in [5.74, 6) is -0.480. The quantitative estimate of drug-likeness (QED) is 0.780. The van der Waals surface area contributed by atoms with Crippen molar-refractivity contribution in [3.63, 3.8) is 0 Å². The van der Waals surface area contributed by atoms with E-state index in [2.05, 4.69) is 4.98 Å². The van der Waals surface area contributed by atoms with Gasteiger partial charge in [0.25, 0.3) is 5.91 Å². The summed E-state index contributed by atoms with van der Waals surface area (Å²) >= 11 is 5.99. The van der Waals surface area contributed by atoms with Gasteiger partial charge in [-0.15, -0.1) is 0 Å². The highest BCUT2D eigenvalue weighted by molar-refractivity contribution is 6.30. The lowest BCUT2D eigenvalue weighted by Gasteiger charge is -2.06. The van der Waals surface area contributed by atoms with Crippen LogP contribution < -0.4 is 5.73 Å². The number of aromatic nitrogens is 1. The number of fused-ring (bicyclic) bond motifs is 1. The molecule has 3 nitrogen and oxygen atoms in total. The zero-order valence-corrected chi connectivity index (χ0v) is 11.3. The third-order valence-electron chi connectivity index (χ3n) is 3.11. The van der Waals surface area contributed by atoms with E-state index in [1.807, 2.05) is 36.4 Å². The number of amides is 1. The van der Waals surface area contributed by atoms with Crippen molar-refractivity contribution in [3.8, 4) is 11.3 Å². The largest absolute Gasteiger partial charge is 0.366 e. The maximum absolute atomic E-state index is 11.5. The van der Waals surface area contributed by atoms with Crippen molar-refractivity contribution in [2.24, 2.45) is 5.73 Å². The second kappa shape index (κ2) is 4.94. The Kier molecular flexibility index (Phi) is 3.12. The summed E-state index contributed by atoms with van der Waals surface area (Å²) < 4.78 is 0. The van der Waals surface area contributed by atoms with Gasteiger partial charge in [-0.1, -0.05) is 41.9 Å². The number of halogens is 1. The molecule has 3 aromatic rings. The molecular formula is C16H11ClN2O. The molecule has 0 saturated heterocycles. The third-order valence-corrected chi connectivity index (χ3v) is 3.34. The molecule has 0 bridgehead atoms. The van der Waals surface area contributed by atoms with Crippen molar-refractivity contribution in [2.75, 3.05) is 0 Å². The molecule has 0 aliphatic rings. The molecule has 0 radical (unpaired) electrons. The van der Waals surface area contributed by atoms with Crippen LogP contribution in [0.15, 0.2) is 54.6 Å². The highest BCUT2D eigenvalue weighted by Gasteiger charge is 2.09. The topological polar surface area (TPSA) is 56.0 Å². The summed E-state index contributed by atoms with van der Waals surface area (Å²) in [6, 6.07) is 16.6. The molecule has 2 aromatic carbocycles. The monoisotopic (exact) mass is 282 g/mol. The maximum Gasteiger partial charge on any atom is 0.250 e. The van der Waals surface area contributed by atoms with Gasteiger partial charge in [-0.3, -0.25) is 4.79 Å². The number of pyridine rings is 1. The van der Waals surface area contributed by atoms with Crippen molar-refractivity contribution < 1.29 is 4.79 Å². The number of nitrogens with two attached hydrogens (primary N) is 1. The normalized spacial score (nSPS) is 10.7. The Morgan fingerprint density at radius 2 is 1.85 bits per heavy atom. The van der Waals surface area contributed by atoms with Gasteiger partial charge < -0.3 is 5.73 Å². The van der Waals surface area contributed by atoms with E-state index in [9.17, 15) is 4.79 Å². The Balaban J connectivity index is 2.24. The highest BCUT2D eigenvalue weighted by atomic mass is 35.5. The molecule has 0 aliphatic heterocycles. The second-order valence-electron chi connectivity index (χ2n) is 4.45. The number of benzene rings is 2. The van der Waals surface area contributed by atoms with E-state index in [1.54, 1.807) is 18.2 Å². The molecule has 0 unspecified atom stereocenters. The van der Waals surface area contributed by atoms with Crippen molar-refractivity contribution in [3.05, 3.63) is 65.2 Å². The molecular weight excluding hydrogens is 272 g/mol. The second-order valence-corrected chi connectivity index (χ2v) is 4.88. The van der Waals surface area contributed by atoms with Crippen LogP contribution in [-0.2, 0) is 0 Å². The average Bonchev–Trinajstić information content (AvgIpc) is 2.46. The molecule has 0 aliphatic carbocycles. The molecule has 1 heterocycles. The lowest BCUT2D eigenvalue weighted by molar-refractivity contribution is 0.100. The fourth-order valence-electron chi connectivity index (χ4n) is 2.15. The smallest absolute Gasteiger partial charge is 0.250 e. The van der Waals surface area contributed by atoms with Crippen molar-refractivity contribution in [2.45, 2.75) is 0 Å². The number of nitrogens with zero attached hydrogens (tertiary/aromatic N) is 1. The first-order valence-electron chi connectivity index (χ1n) is 6.11. The Bertz CT molecular complexity index is 814. The van der Waals surface area contributed by atoms with Gasteiger partial charge in [-0.2, -0.15) is 0 Å². The molecule has 1 amide bonds. The van der Waals surface area contributed by atoms with Gasteiger partial charge in [0.15, 0.2) is 0 Å². The predicted molar refractivity (Wildman–Crippen MR) is 80.7 cm³/mol. The first kappa shape index (κ1) is 12.6. The number of hydrogen-bond donors (Lipinski definition) is 1. The van der Waals surface area contributed by atoms with Crippen molar-refractivity contribution in [1.82, 2.24) is 4.98 Å². The van der Waals surface area contributed by atoms with Gasteiger partial charge >= 0.3 is 0 Å². The van der Waals surface area contributed by atoms with E-state index < -0.39 is 5.91 Å². The molecule has 20 heavy (non-hydrogen) atoms. The molecule has 0 atom stereocenters. The number of rotatable bonds is 2. The molecule has 98 valence electrons. The van der Waals surface area contributed by atoms with Crippen LogP contribution in [0.1, 0.15) is 10.4 Å². The summed E-state index contributed by atoms with van der Waals surface area (Å²) in [4.78, 5) is 16.0.